The Balaban J connectivity index is 2.03. The Hall–Kier alpha value is -1.44. The van der Waals surface area contributed by atoms with Crippen molar-refractivity contribution in [1.82, 2.24) is 9.55 Å². The second-order valence-corrected chi connectivity index (χ2v) is 4.56. The third-order valence-electron chi connectivity index (χ3n) is 3.30. The smallest absolute Gasteiger partial charge is 0.330 e. The highest BCUT2D eigenvalue weighted by atomic mass is 16.6. The SMILES string of the molecule is C[C@@]12COC([C@H](n3ccc(=O)[nH]c3=O)O1)[C@H]2O. The summed E-state index contributed by atoms with van der Waals surface area (Å²) in [5, 5.41) is 9.93. The second kappa shape index (κ2) is 3.28. The molecule has 0 aromatic carbocycles. The van der Waals surface area contributed by atoms with Gasteiger partial charge in [-0.25, -0.2) is 4.79 Å². The molecule has 17 heavy (non-hydrogen) atoms. The average molecular weight is 240 g/mol. The molecule has 2 N–H and O–H groups in total. The summed E-state index contributed by atoms with van der Waals surface area (Å²) in [6.07, 6.45) is -0.713. The summed E-state index contributed by atoms with van der Waals surface area (Å²) in [5.74, 6) is 0. The Bertz CT molecular complexity index is 564. The largest absolute Gasteiger partial charge is 0.387 e. The summed E-state index contributed by atoms with van der Waals surface area (Å²) in [6.45, 7) is 2.03. The molecule has 3 rings (SSSR count). The van der Waals surface area contributed by atoms with Gasteiger partial charge in [-0.15, -0.1) is 0 Å². The molecule has 0 spiro atoms. The number of aliphatic hydroxyl groups is 1. The molecule has 2 saturated heterocycles. The van der Waals surface area contributed by atoms with E-state index < -0.39 is 35.3 Å². The Morgan fingerprint density at radius 1 is 1.59 bits per heavy atom. The van der Waals surface area contributed by atoms with Gasteiger partial charge in [0.1, 0.15) is 17.8 Å². The van der Waals surface area contributed by atoms with Gasteiger partial charge in [-0.2, -0.15) is 0 Å². The minimum Gasteiger partial charge on any atom is -0.387 e. The van der Waals surface area contributed by atoms with Crippen molar-refractivity contribution < 1.29 is 14.6 Å². The van der Waals surface area contributed by atoms with Crippen LogP contribution in [0.2, 0.25) is 0 Å². The van der Waals surface area contributed by atoms with Crippen molar-refractivity contribution in [2.24, 2.45) is 0 Å². The van der Waals surface area contributed by atoms with E-state index in [0.717, 1.165) is 0 Å². The summed E-state index contributed by atoms with van der Waals surface area (Å²) < 4.78 is 12.2. The summed E-state index contributed by atoms with van der Waals surface area (Å²) in [7, 11) is 0. The van der Waals surface area contributed by atoms with E-state index in [0.29, 0.717) is 6.61 Å². The van der Waals surface area contributed by atoms with Gasteiger partial charge in [0.05, 0.1) is 6.61 Å². The zero-order chi connectivity index (χ0) is 12.2. The van der Waals surface area contributed by atoms with Gasteiger partial charge in [0.15, 0.2) is 6.23 Å². The van der Waals surface area contributed by atoms with Crippen molar-refractivity contribution in [2.75, 3.05) is 6.61 Å². The summed E-state index contributed by atoms with van der Waals surface area (Å²) in [5.41, 5.74) is -1.83. The molecule has 2 bridgehead atoms. The molecule has 3 heterocycles. The third kappa shape index (κ3) is 1.40. The highest BCUT2D eigenvalue weighted by Crippen LogP contribution is 2.43. The van der Waals surface area contributed by atoms with Crippen molar-refractivity contribution in [3.05, 3.63) is 33.1 Å². The van der Waals surface area contributed by atoms with Gasteiger partial charge in [0.25, 0.3) is 5.56 Å². The first-order chi connectivity index (χ1) is 8.01. The fourth-order valence-corrected chi connectivity index (χ4v) is 2.31. The number of fused-ring (bicyclic) bond motifs is 2. The number of ether oxygens (including phenoxy) is 2. The van der Waals surface area contributed by atoms with E-state index >= 15 is 0 Å². The van der Waals surface area contributed by atoms with Gasteiger partial charge in [0.2, 0.25) is 0 Å². The second-order valence-electron chi connectivity index (χ2n) is 4.56. The molecular weight excluding hydrogens is 228 g/mol. The molecule has 2 aliphatic rings. The molecule has 92 valence electrons. The number of aliphatic hydroxyl groups excluding tert-OH is 1. The van der Waals surface area contributed by atoms with Crippen LogP contribution < -0.4 is 11.2 Å². The molecule has 1 aromatic rings. The molecule has 7 nitrogen and oxygen atoms in total. The summed E-state index contributed by atoms with van der Waals surface area (Å²) >= 11 is 0. The lowest BCUT2D eigenvalue weighted by Crippen LogP contribution is -2.39. The molecule has 0 saturated carbocycles. The number of aromatic amines is 1. The molecular formula is C10H12N2O5. The zero-order valence-corrected chi connectivity index (χ0v) is 9.12. The van der Waals surface area contributed by atoms with E-state index in [9.17, 15) is 14.7 Å². The highest BCUT2D eigenvalue weighted by molar-refractivity contribution is 5.05. The van der Waals surface area contributed by atoms with E-state index in [-0.39, 0.29) is 0 Å². The van der Waals surface area contributed by atoms with Crippen LogP contribution >= 0.6 is 0 Å². The van der Waals surface area contributed by atoms with E-state index in [4.69, 9.17) is 9.47 Å². The van der Waals surface area contributed by atoms with Crippen molar-refractivity contribution in [3.63, 3.8) is 0 Å². The average Bonchev–Trinajstić information content (AvgIpc) is 2.67. The number of H-pyrrole nitrogens is 1. The minimum atomic E-state index is -0.787. The number of hydrogen-bond donors (Lipinski definition) is 2. The Morgan fingerprint density at radius 3 is 2.88 bits per heavy atom. The van der Waals surface area contributed by atoms with E-state index in [2.05, 4.69) is 4.98 Å². The summed E-state index contributed by atoms with van der Waals surface area (Å²) in [6, 6.07) is 1.23. The highest BCUT2D eigenvalue weighted by Gasteiger charge is 2.59. The fourth-order valence-electron chi connectivity index (χ4n) is 2.31. The van der Waals surface area contributed by atoms with Crippen LogP contribution in [-0.2, 0) is 9.47 Å². The first-order valence-electron chi connectivity index (χ1n) is 5.30. The Labute approximate surface area is 95.6 Å². The van der Waals surface area contributed by atoms with Gasteiger partial charge in [-0.3, -0.25) is 14.3 Å². The molecule has 1 unspecified atom stereocenters. The Morgan fingerprint density at radius 2 is 2.35 bits per heavy atom. The van der Waals surface area contributed by atoms with E-state index in [1.165, 1.54) is 16.8 Å². The molecule has 2 fully saturated rings. The van der Waals surface area contributed by atoms with Crippen LogP contribution in [0.15, 0.2) is 21.9 Å². The summed E-state index contributed by atoms with van der Waals surface area (Å²) in [4.78, 5) is 24.7. The van der Waals surface area contributed by atoms with Crippen molar-refractivity contribution in [3.8, 4) is 0 Å². The minimum absolute atomic E-state index is 0.299. The van der Waals surface area contributed by atoms with Gasteiger partial charge in [-0.05, 0) is 6.92 Å². The number of aromatic nitrogens is 2. The quantitative estimate of drug-likeness (QED) is 0.628. The maximum atomic E-state index is 11.6. The first-order valence-corrected chi connectivity index (χ1v) is 5.30. The van der Waals surface area contributed by atoms with E-state index in [1.807, 2.05) is 0 Å². The molecule has 7 heteroatoms. The van der Waals surface area contributed by atoms with Gasteiger partial charge >= 0.3 is 5.69 Å². The van der Waals surface area contributed by atoms with Crippen LogP contribution in [0.4, 0.5) is 0 Å². The van der Waals surface area contributed by atoms with Crippen LogP contribution in [-0.4, -0.2) is 39.1 Å². The Kier molecular flexibility index (Phi) is 2.07. The van der Waals surface area contributed by atoms with Crippen LogP contribution in [0.3, 0.4) is 0 Å². The van der Waals surface area contributed by atoms with Gasteiger partial charge in [0, 0.05) is 12.3 Å². The van der Waals surface area contributed by atoms with Crippen molar-refractivity contribution >= 4 is 0 Å². The topological polar surface area (TPSA) is 93.6 Å². The lowest BCUT2D eigenvalue weighted by Gasteiger charge is -2.27. The maximum absolute atomic E-state index is 11.6. The zero-order valence-electron chi connectivity index (χ0n) is 9.12. The number of nitrogens with one attached hydrogen (secondary N) is 1. The van der Waals surface area contributed by atoms with Gasteiger partial charge < -0.3 is 14.6 Å². The number of nitrogens with zero attached hydrogens (tertiary/aromatic N) is 1. The van der Waals surface area contributed by atoms with Gasteiger partial charge in [-0.1, -0.05) is 0 Å². The van der Waals surface area contributed by atoms with Crippen LogP contribution in [0.1, 0.15) is 13.2 Å². The lowest BCUT2D eigenvalue weighted by atomic mass is 10.0. The fraction of sp³-hybridized carbons (Fsp3) is 0.600. The van der Waals surface area contributed by atoms with Crippen LogP contribution in [0.5, 0.6) is 0 Å². The standard InChI is InChI=1S/C10H12N2O5/c1-10-4-16-6(7(10)14)8(17-10)12-3-2-5(13)11-9(12)15/h2-3,6-8,14H,4H2,1H3,(H,11,13,15)/t6?,7-,8-,10+/m1/s1. The normalized spacial score (nSPS) is 39.8. The molecule has 0 radical (unpaired) electrons. The maximum Gasteiger partial charge on any atom is 0.330 e. The number of rotatable bonds is 1. The molecule has 4 atom stereocenters. The molecule has 1 aromatic heterocycles. The molecule has 0 amide bonds. The predicted molar refractivity (Wildman–Crippen MR) is 55.6 cm³/mol. The van der Waals surface area contributed by atoms with Crippen LogP contribution in [0.25, 0.3) is 0 Å². The third-order valence-corrected chi connectivity index (χ3v) is 3.30. The van der Waals surface area contributed by atoms with Crippen LogP contribution in [0, 0.1) is 0 Å². The van der Waals surface area contributed by atoms with Crippen molar-refractivity contribution in [1.29, 1.82) is 0 Å². The molecule has 0 aliphatic carbocycles. The molecule has 2 aliphatic heterocycles. The monoisotopic (exact) mass is 240 g/mol. The lowest BCUT2D eigenvalue weighted by molar-refractivity contribution is -0.167. The predicted octanol–water partition coefficient (Wildman–Crippen LogP) is -1.42. The number of hydrogen-bond acceptors (Lipinski definition) is 5. The van der Waals surface area contributed by atoms with E-state index in [1.54, 1.807) is 6.92 Å². The first kappa shape index (κ1) is 10.7. The van der Waals surface area contributed by atoms with Crippen molar-refractivity contribution in [2.45, 2.75) is 31.0 Å².